The molecule has 0 aliphatic carbocycles. The molecule has 4 nitrogen and oxygen atoms in total. The lowest BCUT2D eigenvalue weighted by molar-refractivity contribution is 0.102. The number of amides is 1. The summed E-state index contributed by atoms with van der Waals surface area (Å²) in [5.74, 6) is -0.620. The molecule has 0 spiro atoms. The Hall–Kier alpha value is -1.66. The Morgan fingerprint density at radius 1 is 1.45 bits per heavy atom. The van der Waals surface area contributed by atoms with Gasteiger partial charge in [0.15, 0.2) is 0 Å². The molecule has 104 valence electrons. The first-order chi connectivity index (χ1) is 9.51. The fourth-order valence-corrected chi connectivity index (χ4v) is 2.12. The number of nitrogens with zero attached hydrogens (tertiary/aromatic N) is 1. The van der Waals surface area contributed by atoms with E-state index in [1.807, 2.05) is 0 Å². The van der Waals surface area contributed by atoms with Crippen LogP contribution >= 0.6 is 27.5 Å². The number of carbonyl (C=O) groups is 1. The first-order valence-electron chi connectivity index (χ1n) is 5.47. The molecular formula is C13H9BrClFN2O2. The van der Waals surface area contributed by atoms with Gasteiger partial charge >= 0.3 is 0 Å². The average molecular weight is 360 g/mol. The first-order valence-corrected chi connectivity index (χ1v) is 6.64. The number of nitrogens with one attached hydrogen (secondary N) is 1. The summed E-state index contributed by atoms with van der Waals surface area (Å²) < 4.78 is 19.0. The summed E-state index contributed by atoms with van der Waals surface area (Å²) in [6.45, 7) is 0. The van der Waals surface area contributed by atoms with Gasteiger partial charge in [0.2, 0.25) is 0 Å². The van der Waals surface area contributed by atoms with Crippen LogP contribution in [0.5, 0.6) is 5.75 Å². The van der Waals surface area contributed by atoms with E-state index >= 15 is 0 Å². The first kappa shape index (κ1) is 14.7. The van der Waals surface area contributed by atoms with E-state index in [1.54, 1.807) is 18.2 Å². The number of halogens is 3. The van der Waals surface area contributed by atoms with E-state index in [2.05, 4.69) is 26.2 Å². The van der Waals surface area contributed by atoms with Gasteiger partial charge in [0, 0.05) is 11.8 Å². The van der Waals surface area contributed by atoms with Crippen molar-refractivity contribution in [3.05, 3.63) is 51.5 Å². The summed E-state index contributed by atoms with van der Waals surface area (Å²) >= 11 is 9.07. The zero-order valence-electron chi connectivity index (χ0n) is 10.3. The number of hydrogen-bond acceptors (Lipinski definition) is 3. The molecule has 7 heteroatoms. The summed E-state index contributed by atoms with van der Waals surface area (Å²) in [6, 6.07) is 6.05. The van der Waals surface area contributed by atoms with E-state index in [0.29, 0.717) is 11.4 Å². The lowest BCUT2D eigenvalue weighted by Crippen LogP contribution is -2.13. The van der Waals surface area contributed by atoms with Crippen LogP contribution in [0.25, 0.3) is 0 Å². The van der Waals surface area contributed by atoms with Gasteiger partial charge in [0.05, 0.1) is 23.3 Å². The van der Waals surface area contributed by atoms with Crippen LogP contribution < -0.4 is 10.1 Å². The van der Waals surface area contributed by atoms with Crippen molar-refractivity contribution in [2.75, 3.05) is 12.4 Å². The number of rotatable bonds is 3. The highest BCUT2D eigenvalue weighted by Crippen LogP contribution is 2.28. The largest absolute Gasteiger partial charge is 0.495 e. The molecule has 0 fully saturated rings. The smallest absolute Gasteiger partial charge is 0.258 e. The fraction of sp³-hybridized carbons (Fsp3) is 0.0769. The van der Waals surface area contributed by atoms with Gasteiger partial charge in [-0.15, -0.1) is 0 Å². The van der Waals surface area contributed by atoms with Crippen LogP contribution in [-0.4, -0.2) is 18.0 Å². The summed E-state index contributed by atoms with van der Waals surface area (Å²) in [5.41, 5.74) is 0.462. The summed E-state index contributed by atoms with van der Waals surface area (Å²) in [5, 5.41) is 2.54. The molecular weight excluding hydrogens is 351 g/mol. The van der Waals surface area contributed by atoms with E-state index < -0.39 is 11.7 Å². The average Bonchev–Trinajstić information content (AvgIpc) is 2.43. The Morgan fingerprint density at radius 2 is 2.20 bits per heavy atom. The molecule has 1 aromatic carbocycles. The molecule has 0 saturated heterocycles. The van der Waals surface area contributed by atoms with Gasteiger partial charge in [0.25, 0.3) is 5.91 Å². The van der Waals surface area contributed by atoms with Gasteiger partial charge in [-0.1, -0.05) is 11.6 Å². The zero-order valence-corrected chi connectivity index (χ0v) is 12.6. The van der Waals surface area contributed by atoms with Gasteiger partial charge in [0.1, 0.15) is 16.7 Å². The molecule has 0 unspecified atom stereocenters. The highest BCUT2D eigenvalue weighted by Gasteiger charge is 2.13. The third-order valence-electron chi connectivity index (χ3n) is 2.46. The van der Waals surface area contributed by atoms with E-state index in [0.717, 1.165) is 16.7 Å². The highest BCUT2D eigenvalue weighted by molar-refractivity contribution is 9.10. The molecule has 0 radical (unpaired) electrons. The highest BCUT2D eigenvalue weighted by atomic mass is 79.9. The van der Waals surface area contributed by atoms with Crippen molar-refractivity contribution in [3.63, 3.8) is 0 Å². The van der Waals surface area contributed by atoms with Gasteiger partial charge in [-0.05, 0) is 34.1 Å². The van der Waals surface area contributed by atoms with Crippen LogP contribution in [0.2, 0.25) is 5.15 Å². The van der Waals surface area contributed by atoms with Gasteiger partial charge in [-0.3, -0.25) is 4.79 Å². The summed E-state index contributed by atoms with van der Waals surface area (Å²) in [6.07, 6.45) is 0.946. The van der Waals surface area contributed by atoms with Crippen LogP contribution in [0, 0.1) is 5.82 Å². The van der Waals surface area contributed by atoms with E-state index in [-0.39, 0.29) is 10.7 Å². The molecule has 0 aliphatic heterocycles. The Kier molecular flexibility index (Phi) is 4.57. The Morgan fingerprint density at radius 3 is 2.90 bits per heavy atom. The van der Waals surface area contributed by atoms with E-state index in [9.17, 15) is 9.18 Å². The molecule has 2 aromatic rings. The van der Waals surface area contributed by atoms with Crippen molar-refractivity contribution in [1.82, 2.24) is 4.98 Å². The summed E-state index contributed by atoms with van der Waals surface area (Å²) in [4.78, 5) is 15.6. The van der Waals surface area contributed by atoms with Crippen molar-refractivity contribution in [2.45, 2.75) is 0 Å². The molecule has 0 atom stereocenters. The maximum Gasteiger partial charge on any atom is 0.258 e. The van der Waals surface area contributed by atoms with E-state index in [1.165, 1.54) is 7.11 Å². The van der Waals surface area contributed by atoms with Crippen LogP contribution in [0.1, 0.15) is 10.4 Å². The quantitative estimate of drug-likeness (QED) is 0.846. The minimum Gasteiger partial charge on any atom is -0.495 e. The van der Waals surface area contributed by atoms with Gasteiger partial charge in [-0.2, -0.15) is 0 Å². The lowest BCUT2D eigenvalue weighted by Gasteiger charge is -2.09. The second-order valence-corrected chi connectivity index (χ2v) is 5.01. The van der Waals surface area contributed by atoms with Crippen molar-refractivity contribution < 1.29 is 13.9 Å². The maximum absolute atomic E-state index is 13.1. The number of carbonyl (C=O) groups excluding carboxylic acids is 1. The fourth-order valence-electron chi connectivity index (χ4n) is 1.52. The molecule has 2 rings (SSSR count). The van der Waals surface area contributed by atoms with Gasteiger partial charge in [-0.25, -0.2) is 9.37 Å². The molecule has 1 N–H and O–H groups in total. The standard InChI is InChI=1S/C13H9BrClFN2O2/c1-20-11-5-8(2-3-10(11)14)18-13(19)9-4-7(16)6-17-12(9)15/h2-6H,1H3,(H,18,19). The SMILES string of the molecule is COc1cc(NC(=O)c2cc(F)cnc2Cl)ccc1Br. The molecule has 1 aromatic heterocycles. The lowest BCUT2D eigenvalue weighted by atomic mass is 10.2. The van der Waals surface area contributed by atoms with Crippen molar-refractivity contribution in [3.8, 4) is 5.75 Å². The maximum atomic E-state index is 13.1. The monoisotopic (exact) mass is 358 g/mol. The Labute approximate surface area is 128 Å². The molecule has 1 amide bonds. The second-order valence-electron chi connectivity index (χ2n) is 3.80. The predicted molar refractivity (Wildman–Crippen MR) is 77.9 cm³/mol. The molecule has 0 aliphatic rings. The molecule has 1 heterocycles. The number of methoxy groups -OCH3 is 1. The topological polar surface area (TPSA) is 51.2 Å². The zero-order chi connectivity index (χ0) is 14.7. The van der Waals surface area contributed by atoms with Crippen molar-refractivity contribution in [2.24, 2.45) is 0 Å². The number of aromatic nitrogens is 1. The number of anilines is 1. The molecule has 0 saturated carbocycles. The number of benzene rings is 1. The van der Waals surface area contributed by atoms with Crippen molar-refractivity contribution >= 4 is 39.1 Å². The molecule has 0 bridgehead atoms. The van der Waals surface area contributed by atoms with Crippen LogP contribution in [0.3, 0.4) is 0 Å². The van der Waals surface area contributed by atoms with E-state index in [4.69, 9.17) is 16.3 Å². The van der Waals surface area contributed by atoms with Crippen LogP contribution in [0.4, 0.5) is 10.1 Å². The molecule has 20 heavy (non-hydrogen) atoms. The minimum atomic E-state index is -0.632. The third kappa shape index (κ3) is 3.26. The van der Waals surface area contributed by atoms with Gasteiger partial charge < -0.3 is 10.1 Å². The second kappa shape index (κ2) is 6.19. The number of ether oxygens (including phenoxy) is 1. The van der Waals surface area contributed by atoms with Crippen LogP contribution in [0.15, 0.2) is 34.9 Å². The Bertz CT molecular complexity index is 667. The summed E-state index contributed by atoms with van der Waals surface area (Å²) in [7, 11) is 1.51. The van der Waals surface area contributed by atoms with Crippen molar-refractivity contribution in [1.29, 1.82) is 0 Å². The number of hydrogen-bond donors (Lipinski definition) is 1. The van der Waals surface area contributed by atoms with Crippen LogP contribution in [-0.2, 0) is 0 Å². The normalized spacial score (nSPS) is 10.2. The third-order valence-corrected chi connectivity index (χ3v) is 3.42. The number of pyridine rings is 1. The predicted octanol–water partition coefficient (Wildman–Crippen LogP) is 3.90. The minimum absolute atomic E-state index is 0.0337. The Balaban J connectivity index is 2.25.